The van der Waals surface area contributed by atoms with Crippen LogP contribution in [0, 0.1) is 0 Å². The number of carbonyl (C=O) groups is 1. The fourth-order valence-electron chi connectivity index (χ4n) is 1.45. The highest BCUT2D eigenvalue weighted by molar-refractivity contribution is 7.80. The van der Waals surface area contributed by atoms with Crippen LogP contribution in [-0.2, 0) is 0 Å². The molecule has 0 radical (unpaired) electrons. The first kappa shape index (κ1) is 14.7. The Morgan fingerprint density at radius 3 is 2.72 bits per heavy atom. The maximum absolute atomic E-state index is 11.8. The van der Waals surface area contributed by atoms with E-state index in [0.29, 0.717) is 17.1 Å². The van der Waals surface area contributed by atoms with Crippen LogP contribution in [0.3, 0.4) is 0 Å². The summed E-state index contributed by atoms with van der Waals surface area (Å²) in [5, 5.41) is 5.86. The first-order valence-electron chi connectivity index (χ1n) is 5.66. The third-order valence-corrected chi connectivity index (χ3v) is 2.96. The summed E-state index contributed by atoms with van der Waals surface area (Å²) in [5.74, 6) is 0. The average Bonchev–Trinajstić information content (AvgIpc) is 2.31. The molecule has 0 aliphatic carbocycles. The van der Waals surface area contributed by atoms with Gasteiger partial charge in [-0.3, -0.25) is 0 Å². The monoisotopic (exact) mass is 285 g/mol. The van der Waals surface area contributed by atoms with Crippen molar-refractivity contribution in [2.75, 3.05) is 5.32 Å². The molecule has 0 aliphatic heterocycles. The number of para-hydroxylation sites is 1. The Kier molecular flexibility index (Phi) is 5.88. The predicted octanol–water partition coefficient (Wildman–Crippen LogP) is 2.92. The number of amides is 2. The minimum Gasteiger partial charge on any atom is -0.392 e. The molecule has 98 valence electrons. The molecule has 18 heavy (non-hydrogen) atoms. The van der Waals surface area contributed by atoms with Crippen molar-refractivity contribution in [3.8, 4) is 0 Å². The normalized spacial score (nSPS) is 11.7. The minimum absolute atomic E-state index is 0.283. The molecule has 4 nitrogen and oxygen atoms in total. The van der Waals surface area contributed by atoms with Crippen LogP contribution in [-0.4, -0.2) is 17.1 Å². The maximum atomic E-state index is 11.8. The Morgan fingerprint density at radius 1 is 1.50 bits per heavy atom. The van der Waals surface area contributed by atoms with Gasteiger partial charge in [-0.15, -0.1) is 0 Å². The minimum atomic E-state index is -0.366. The van der Waals surface area contributed by atoms with Crippen molar-refractivity contribution in [2.45, 2.75) is 25.8 Å². The maximum Gasteiger partial charge on any atom is 0.319 e. The van der Waals surface area contributed by atoms with E-state index in [2.05, 4.69) is 10.6 Å². The standard InChI is InChI=1S/C12H16ClN3OS/c1-2-5-10(11(14)18)16-12(17)15-9-7-4-3-6-8(9)13/h3-4,6-7,10H,2,5H2,1H3,(H2,14,18)(H2,15,16,17). The van der Waals surface area contributed by atoms with Crippen molar-refractivity contribution < 1.29 is 4.79 Å². The van der Waals surface area contributed by atoms with E-state index in [-0.39, 0.29) is 17.1 Å². The molecule has 0 bridgehead atoms. The van der Waals surface area contributed by atoms with Gasteiger partial charge in [0.1, 0.15) is 0 Å². The second kappa shape index (κ2) is 7.18. The van der Waals surface area contributed by atoms with E-state index in [1.165, 1.54) is 0 Å². The number of thiocarbonyl (C=S) groups is 1. The fourth-order valence-corrected chi connectivity index (χ4v) is 1.81. The lowest BCUT2D eigenvalue weighted by Gasteiger charge is -2.17. The van der Waals surface area contributed by atoms with Crippen LogP contribution in [0.2, 0.25) is 5.02 Å². The van der Waals surface area contributed by atoms with E-state index in [9.17, 15) is 4.79 Å². The summed E-state index contributed by atoms with van der Waals surface area (Å²) >= 11 is 10.8. The van der Waals surface area contributed by atoms with Gasteiger partial charge >= 0.3 is 6.03 Å². The number of carbonyl (C=O) groups excluding carboxylic acids is 1. The molecule has 1 rings (SSSR count). The van der Waals surface area contributed by atoms with Crippen LogP contribution in [0.4, 0.5) is 10.5 Å². The van der Waals surface area contributed by atoms with Gasteiger partial charge in [0.15, 0.2) is 0 Å². The number of nitrogens with one attached hydrogen (secondary N) is 2. The molecular weight excluding hydrogens is 270 g/mol. The summed E-state index contributed by atoms with van der Waals surface area (Å²) < 4.78 is 0. The molecule has 1 unspecified atom stereocenters. The third-order valence-electron chi connectivity index (χ3n) is 2.35. The van der Waals surface area contributed by atoms with Gasteiger partial charge in [-0.2, -0.15) is 0 Å². The first-order chi connectivity index (χ1) is 8.54. The van der Waals surface area contributed by atoms with Crippen LogP contribution in [0.15, 0.2) is 24.3 Å². The molecule has 4 N–H and O–H groups in total. The lowest BCUT2D eigenvalue weighted by atomic mass is 10.2. The molecule has 1 atom stereocenters. The number of urea groups is 1. The van der Waals surface area contributed by atoms with E-state index >= 15 is 0 Å². The van der Waals surface area contributed by atoms with Gasteiger partial charge in [0, 0.05) is 0 Å². The summed E-state index contributed by atoms with van der Waals surface area (Å²) in [6.45, 7) is 2.00. The van der Waals surface area contributed by atoms with Crippen LogP contribution in [0.1, 0.15) is 19.8 Å². The highest BCUT2D eigenvalue weighted by Gasteiger charge is 2.14. The van der Waals surface area contributed by atoms with Gasteiger partial charge < -0.3 is 16.4 Å². The second-order valence-electron chi connectivity index (χ2n) is 3.82. The van der Waals surface area contributed by atoms with Crippen LogP contribution in [0.25, 0.3) is 0 Å². The fraction of sp³-hybridized carbons (Fsp3) is 0.333. The number of nitrogens with two attached hydrogens (primary N) is 1. The molecule has 0 saturated heterocycles. The summed E-state index contributed by atoms with van der Waals surface area (Å²) in [7, 11) is 0. The average molecular weight is 286 g/mol. The highest BCUT2D eigenvalue weighted by atomic mass is 35.5. The lowest BCUT2D eigenvalue weighted by molar-refractivity contribution is 0.250. The number of hydrogen-bond donors (Lipinski definition) is 3. The molecule has 0 spiro atoms. The molecule has 0 aliphatic rings. The van der Waals surface area contributed by atoms with E-state index in [1.54, 1.807) is 24.3 Å². The van der Waals surface area contributed by atoms with Gasteiger partial charge in [-0.25, -0.2) is 4.79 Å². The van der Waals surface area contributed by atoms with Gasteiger partial charge in [0.2, 0.25) is 0 Å². The first-order valence-corrected chi connectivity index (χ1v) is 6.44. The van der Waals surface area contributed by atoms with Gasteiger partial charge in [0.05, 0.1) is 21.7 Å². The van der Waals surface area contributed by atoms with E-state index in [1.807, 2.05) is 6.92 Å². The van der Waals surface area contributed by atoms with E-state index in [0.717, 1.165) is 6.42 Å². The number of anilines is 1. The Balaban J connectivity index is 2.61. The van der Waals surface area contributed by atoms with Crippen LogP contribution < -0.4 is 16.4 Å². The lowest BCUT2D eigenvalue weighted by Crippen LogP contribution is -2.45. The summed E-state index contributed by atoms with van der Waals surface area (Å²) in [5.41, 5.74) is 6.11. The van der Waals surface area contributed by atoms with Crippen molar-refractivity contribution in [1.82, 2.24) is 5.32 Å². The van der Waals surface area contributed by atoms with Gasteiger partial charge in [-0.1, -0.05) is 49.3 Å². The number of benzene rings is 1. The van der Waals surface area contributed by atoms with Crippen molar-refractivity contribution >= 4 is 40.5 Å². The predicted molar refractivity (Wildman–Crippen MR) is 79.1 cm³/mol. The summed E-state index contributed by atoms with van der Waals surface area (Å²) in [6.07, 6.45) is 1.60. The second-order valence-corrected chi connectivity index (χ2v) is 4.70. The Labute approximate surface area is 117 Å². The van der Waals surface area contributed by atoms with Crippen molar-refractivity contribution in [2.24, 2.45) is 5.73 Å². The molecule has 1 aromatic carbocycles. The number of rotatable bonds is 5. The summed E-state index contributed by atoms with van der Waals surface area (Å²) in [6, 6.07) is 6.34. The Hall–Kier alpha value is -1.33. The van der Waals surface area contributed by atoms with Gasteiger partial charge in [-0.05, 0) is 18.6 Å². The zero-order valence-electron chi connectivity index (χ0n) is 10.1. The third kappa shape index (κ3) is 4.50. The molecule has 0 saturated carbocycles. The van der Waals surface area contributed by atoms with Crippen molar-refractivity contribution in [3.63, 3.8) is 0 Å². The Morgan fingerprint density at radius 2 is 2.17 bits per heavy atom. The number of hydrogen-bond acceptors (Lipinski definition) is 2. The molecule has 0 heterocycles. The molecule has 0 aromatic heterocycles. The molecular formula is C12H16ClN3OS. The largest absolute Gasteiger partial charge is 0.392 e. The zero-order chi connectivity index (χ0) is 13.5. The molecule has 0 fully saturated rings. The number of halogens is 1. The van der Waals surface area contributed by atoms with Crippen LogP contribution in [0.5, 0.6) is 0 Å². The van der Waals surface area contributed by atoms with Gasteiger partial charge in [0.25, 0.3) is 0 Å². The van der Waals surface area contributed by atoms with Crippen LogP contribution >= 0.6 is 23.8 Å². The quantitative estimate of drug-likeness (QED) is 0.729. The van der Waals surface area contributed by atoms with Crippen molar-refractivity contribution in [3.05, 3.63) is 29.3 Å². The summed E-state index contributed by atoms with van der Waals surface area (Å²) in [4.78, 5) is 12.0. The topological polar surface area (TPSA) is 67.2 Å². The Bertz CT molecular complexity index is 439. The zero-order valence-corrected chi connectivity index (χ0v) is 11.6. The van der Waals surface area contributed by atoms with Crippen molar-refractivity contribution in [1.29, 1.82) is 0 Å². The highest BCUT2D eigenvalue weighted by Crippen LogP contribution is 2.20. The smallest absolute Gasteiger partial charge is 0.319 e. The van der Waals surface area contributed by atoms with E-state index in [4.69, 9.17) is 29.6 Å². The molecule has 6 heteroatoms. The molecule has 1 aromatic rings. The molecule has 2 amide bonds. The SMILES string of the molecule is CCCC(NC(=O)Nc1ccccc1Cl)C(N)=S. The van der Waals surface area contributed by atoms with E-state index < -0.39 is 0 Å².